The SMILES string of the molecule is Cc1cc(C)c2nc(-n3ncc(C#N)c3NC(=O)c3ccccc3C(F)(F)F)cc(C)c2c1. The number of nitrogens with zero attached hydrogens (tertiary/aromatic N) is 4. The van der Waals surface area contributed by atoms with Crippen molar-refractivity contribution < 1.29 is 18.0 Å². The molecule has 0 bridgehead atoms. The maximum Gasteiger partial charge on any atom is 0.417 e. The van der Waals surface area contributed by atoms with E-state index < -0.39 is 23.2 Å². The molecule has 0 aliphatic carbocycles. The van der Waals surface area contributed by atoms with Crippen LogP contribution in [0.25, 0.3) is 16.7 Å². The maximum absolute atomic E-state index is 13.4. The lowest BCUT2D eigenvalue weighted by molar-refractivity contribution is -0.137. The smallest absolute Gasteiger partial charge is 0.305 e. The van der Waals surface area contributed by atoms with Gasteiger partial charge in [0.1, 0.15) is 11.6 Å². The van der Waals surface area contributed by atoms with E-state index in [1.165, 1.54) is 23.0 Å². The molecule has 4 rings (SSSR count). The molecule has 1 N–H and O–H groups in total. The van der Waals surface area contributed by atoms with Gasteiger partial charge in [-0.1, -0.05) is 23.8 Å². The van der Waals surface area contributed by atoms with Crippen molar-refractivity contribution in [2.24, 2.45) is 0 Å². The number of fused-ring (bicyclic) bond motifs is 1. The molecule has 0 unspecified atom stereocenters. The van der Waals surface area contributed by atoms with Crippen molar-refractivity contribution >= 4 is 22.6 Å². The number of benzene rings is 2. The molecular weight excluding hydrogens is 431 g/mol. The Morgan fingerprint density at radius 1 is 1.09 bits per heavy atom. The highest BCUT2D eigenvalue weighted by molar-refractivity contribution is 6.05. The van der Waals surface area contributed by atoms with Crippen LogP contribution >= 0.6 is 0 Å². The molecule has 166 valence electrons. The van der Waals surface area contributed by atoms with Crippen LogP contribution in [0.4, 0.5) is 19.0 Å². The van der Waals surface area contributed by atoms with Crippen LogP contribution in [-0.2, 0) is 6.18 Å². The van der Waals surface area contributed by atoms with E-state index in [1.54, 1.807) is 6.07 Å². The molecule has 4 aromatic rings. The Labute approximate surface area is 187 Å². The molecule has 0 spiro atoms. The average molecular weight is 449 g/mol. The van der Waals surface area contributed by atoms with Crippen LogP contribution in [0.1, 0.15) is 38.2 Å². The molecule has 2 heterocycles. The molecule has 2 aromatic carbocycles. The van der Waals surface area contributed by atoms with E-state index in [4.69, 9.17) is 0 Å². The lowest BCUT2D eigenvalue weighted by Gasteiger charge is -2.14. The van der Waals surface area contributed by atoms with Crippen LogP contribution in [0.15, 0.2) is 48.7 Å². The van der Waals surface area contributed by atoms with E-state index in [2.05, 4.69) is 15.4 Å². The number of alkyl halides is 3. The molecule has 0 fully saturated rings. The van der Waals surface area contributed by atoms with Crippen molar-refractivity contribution in [2.45, 2.75) is 26.9 Å². The monoisotopic (exact) mass is 449 g/mol. The largest absolute Gasteiger partial charge is 0.417 e. The van der Waals surface area contributed by atoms with Crippen LogP contribution in [-0.4, -0.2) is 20.7 Å². The molecule has 6 nitrogen and oxygen atoms in total. The van der Waals surface area contributed by atoms with Gasteiger partial charge in [0, 0.05) is 5.39 Å². The molecule has 33 heavy (non-hydrogen) atoms. The molecular formula is C24H18F3N5O. The lowest BCUT2D eigenvalue weighted by atomic mass is 10.0. The van der Waals surface area contributed by atoms with E-state index >= 15 is 0 Å². The summed E-state index contributed by atoms with van der Waals surface area (Å²) < 4.78 is 41.4. The van der Waals surface area contributed by atoms with Crippen molar-refractivity contribution in [3.63, 3.8) is 0 Å². The first kappa shape index (κ1) is 22.0. The number of aromatic nitrogens is 3. The van der Waals surface area contributed by atoms with Crippen molar-refractivity contribution in [3.8, 4) is 11.9 Å². The predicted octanol–water partition coefficient (Wildman–Crippen LogP) is 5.49. The highest BCUT2D eigenvalue weighted by atomic mass is 19.4. The van der Waals surface area contributed by atoms with Crippen molar-refractivity contribution in [3.05, 3.63) is 82.0 Å². The van der Waals surface area contributed by atoms with Gasteiger partial charge in [0.15, 0.2) is 11.6 Å². The lowest BCUT2D eigenvalue weighted by Crippen LogP contribution is -2.21. The number of hydrogen-bond acceptors (Lipinski definition) is 4. The van der Waals surface area contributed by atoms with E-state index in [0.29, 0.717) is 5.82 Å². The average Bonchev–Trinajstić information content (AvgIpc) is 3.16. The third-order valence-corrected chi connectivity index (χ3v) is 5.26. The molecule has 0 saturated carbocycles. The summed E-state index contributed by atoms with van der Waals surface area (Å²) in [4.78, 5) is 17.5. The molecule has 0 radical (unpaired) electrons. The fraction of sp³-hybridized carbons (Fsp3) is 0.167. The fourth-order valence-corrected chi connectivity index (χ4v) is 3.76. The standard InChI is InChI=1S/C24H18F3N5O/c1-13-8-15(3)21-18(9-13)14(2)10-20(30-21)32-22(16(11-28)12-29-32)31-23(33)17-6-4-5-7-19(17)24(25,26)27/h4-10,12H,1-3H3,(H,31,33). The molecule has 0 atom stereocenters. The topological polar surface area (TPSA) is 83.6 Å². The summed E-state index contributed by atoms with van der Waals surface area (Å²) in [5.74, 6) is -0.742. The normalized spacial score (nSPS) is 11.4. The van der Waals surface area contributed by atoms with Gasteiger partial charge in [-0.3, -0.25) is 4.79 Å². The number of hydrogen-bond donors (Lipinski definition) is 1. The first-order valence-electron chi connectivity index (χ1n) is 9.95. The minimum Gasteiger partial charge on any atom is -0.305 e. The highest BCUT2D eigenvalue weighted by Crippen LogP contribution is 2.33. The van der Waals surface area contributed by atoms with Crippen LogP contribution in [0.3, 0.4) is 0 Å². The number of nitriles is 1. The minimum absolute atomic E-state index is 0.00646. The van der Waals surface area contributed by atoms with E-state index in [1.807, 2.05) is 39.0 Å². The molecule has 0 aliphatic rings. The van der Waals surface area contributed by atoms with Crippen molar-refractivity contribution in [1.29, 1.82) is 5.26 Å². The Kier molecular flexibility index (Phi) is 5.38. The van der Waals surface area contributed by atoms with Crippen molar-refractivity contribution in [2.75, 3.05) is 5.32 Å². The number of aryl methyl sites for hydroxylation is 3. The zero-order valence-corrected chi connectivity index (χ0v) is 17.9. The summed E-state index contributed by atoms with van der Waals surface area (Å²) in [5.41, 5.74) is 2.01. The van der Waals surface area contributed by atoms with Gasteiger partial charge in [-0.15, -0.1) is 0 Å². The second kappa shape index (κ2) is 8.06. The summed E-state index contributed by atoms with van der Waals surface area (Å²) in [7, 11) is 0. The Balaban J connectivity index is 1.82. The van der Waals surface area contributed by atoms with Gasteiger partial charge in [0.05, 0.1) is 22.8 Å². The minimum atomic E-state index is -4.71. The van der Waals surface area contributed by atoms with E-state index in [9.17, 15) is 23.2 Å². The zero-order chi connectivity index (χ0) is 23.9. The van der Waals surface area contributed by atoms with E-state index in [0.717, 1.165) is 39.7 Å². The van der Waals surface area contributed by atoms with Crippen LogP contribution in [0, 0.1) is 32.1 Å². The summed E-state index contributed by atoms with van der Waals surface area (Å²) in [6.07, 6.45) is -3.48. The van der Waals surface area contributed by atoms with Gasteiger partial charge in [-0.05, 0) is 56.2 Å². The quantitative estimate of drug-likeness (QED) is 0.448. The Morgan fingerprint density at radius 3 is 2.52 bits per heavy atom. The van der Waals surface area contributed by atoms with Gasteiger partial charge in [0.2, 0.25) is 0 Å². The number of nitrogens with one attached hydrogen (secondary N) is 1. The van der Waals surface area contributed by atoms with Gasteiger partial charge in [0.25, 0.3) is 5.91 Å². The van der Waals surface area contributed by atoms with Crippen molar-refractivity contribution in [1.82, 2.24) is 14.8 Å². The van der Waals surface area contributed by atoms with Gasteiger partial charge in [-0.2, -0.15) is 28.2 Å². The number of rotatable bonds is 3. The number of halogens is 3. The summed E-state index contributed by atoms with van der Waals surface area (Å²) in [6.45, 7) is 5.81. The maximum atomic E-state index is 13.4. The summed E-state index contributed by atoms with van der Waals surface area (Å²) >= 11 is 0. The van der Waals surface area contributed by atoms with Crippen LogP contribution < -0.4 is 5.32 Å². The van der Waals surface area contributed by atoms with Gasteiger partial charge < -0.3 is 5.32 Å². The molecule has 2 aromatic heterocycles. The molecule has 0 saturated heterocycles. The Bertz CT molecular complexity index is 1450. The Morgan fingerprint density at radius 2 is 1.82 bits per heavy atom. The van der Waals surface area contributed by atoms with Gasteiger partial charge >= 0.3 is 6.18 Å². The second-order valence-electron chi connectivity index (χ2n) is 7.70. The van der Waals surface area contributed by atoms with Crippen LogP contribution in [0.5, 0.6) is 0 Å². The second-order valence-corrected chi connectivity index (χ2v) is 7.70. The predicted molar refractivity (Wildman–Crippen MR) is 117 cm³/mol. The first-order chi connectivity index (χ1) is 15.6. The number of pyridine rings is 1. The number of carbonyl (C=O) groups is 1. The number of anilines is 1. The molecule has 1 amide bonds. The van der Waals surface area contributed by atoms with Gasteiger partial charge in [-0.25, -0.2) is 4.98 Å². The summed E-state index contributed by atoms with van der Waals surface area (Å²) in [5, 5.41) is 17.0. The Hall–Kier alpha value is -4.19. The highest BCUT2D eigenvalue weighted by Gasteiger charge is 2.35. The number of amides is 1. The molecule has 9 heteroatoms. The fourth-order valence-electron chi connectivity index (χ4n) is 3.76. The third kappa shape index (κ3) is 4.03. The zero-order valence-electron chi connectivity index (χ0n) is 17.9. The summed E-state index contributed by atoms with van der Waals surface area (Å²) in [6, 6.07) is 12.1. The van der Waals surface area contributed by atoms with Crippen LogP contribution in [0.2, 0.25) is 0 Å². The van der Waals surface area contributed by atoms with E-state index in [-0.39, 0.29) is 11.4 Å². The first-order valence-corrected chi connectivity index (χ1v) is 9.95. The third-order valence-electron chi connectivity index (χ3n) is 5.26. The number of carbonyl (C=O) groups excluding carboxylic acids is 1. The molecule has 0 aliphatic heterocycles.